The van der Waals surface area contributed by atoms with Crippen LogP contribution >= 0.6 is 0 Å². The summed E-state index contributed by atoms with van der Waals surface area (Å²) in [6.07, 6.45) is 1.06. The quantitative estimate of drug-likeness (QED) is 0.798. The molecule has 1 unspecified atom stereocenters. The van der Waals surface area contributed by atoms with Crippen LogP contribution in [0.3, 0.4) is 0 Å². The molecule has 1 N–H and O–H groups in total. The maximum atomic E-state index is 12.4. The van der Waals surface area contributed by atoms with E-state index in [4.69, 9.17) is 0 Å². The highest BCUT2D eigenvalue weighted by atomic mass is 32.2. The molecule has 0 saturated heterocycles. The normalized spacial score (nSPS) is 13.1. The first-order valence-electron chi connectivity index (χ1n) is 8.06. The molecule has 23 heavy (non-hydrogen) atoms. The maximum absolute atomic E-state index is 12.4. The Hall–Kier alpha value is -1.81. The molecule has 0 saturated carbocycles. The molecule has 2 rings (SSSR count). The number of benzene rings is 2. The molecule has 124 valence electrons. The Bertz CT molecular complexity index is 732. The molecule has 0 aromatic heterocycles. The molecule has 2 aromatic carbocycles. The van der Waals surface area contributed by atoms with Gasteiger partial charge in [0.25, 0.3) is 10.0 Å². The van der Waals surface area contributed by atoms with Crippen molar-refractivity contribution in [2.24, 2.45) is 0 Å². The van der Waals surface area contributed by atoms with Gasteiger partial charge in [0.1, 0.15) is 0 Å². The first-order valence-corrected chi connectivity index (χ1v) is 9.54. The van der Waals surface area contributed by atoms with Gasteiger partial charge in [-0.05, 0) is 53.6 Å². The smallest absolute Gasteiger partial charge is 0.261 e. The lowest BCUT2D eigenvalue weighted by Crippen LogP contribution is -2.13. The Morgan fingerprint density at radius 1 is 0.870 bits per heavy atom. The van der Waals surface area contributed by atoms with Crippen molar-refractivity contribution in [3.8, 4) is 0 Å². The van der Waals surface area contributed by atoms with Crippen LogP contribution in [0.25, 0.3) is 0 Å². The summed E-state index contributed by atoms with van der Waals surface area (Å²) in [5.41, 5.74) is 2.93. The Morgan fingerprint density at radius 3 is 1.87 bits per heavy atom. The maximum Gasteiger partial charge on any atom is 0.261 e. The Morgan fingerprint density at radius 2 is 1.39 bits per heavy atom. The fraction of sp³-hybridized carbons (Fsp3) is 0.368. The zero-order valence-electron chi connectivity index (χ0n) is 14.2. The zero-order valence-corrected chi connectivity index (χ0v) is 15.0. The molecule has 0 aliphatic heterocycles. The van der Waals surface area contributed by atoms with Crippen molar-refractivity contribution >= 4 is 15.7 Å². The van der Waals surface area contributed by atoms with E-state index in [9.17, 15) is 8.42 Å². The fourth-order valence-corrected chi connectivity index (χ4v) is 3.42. The molecule has 0 radical (unpaired) electrons. The van der Waals surface area contributed by atoms with Gasteiger partial charge in [-0.1, -0.05) is 52.0 Å². The third kappa shape index (κ3) is 4.35. The highest BCUT2D eigenvalue weighted by Gasteiger charge is 2.14. The van der Waals surface area contributed by atoms with Gasteiger partial charge in [0, 0.05) is 5.69 Å². The Balaban J connectivity index is 2.17. The lowest BCUT2D eigenvalue weighted by molar-refractivity contribution is 0.601. The minimum atomic E-state index is -3.54. The van der Waals surface area contributed by atoms with Crippen molar-refractivity contribution in [3.05, 3.63) is 59.7 Å². The summed E-state index contributed by atoms with van der Waals surface area (Å²) in [6.45, 7) is 8.47. The predicted octanol–water partition coefficient (Wildman–Crippen LogP) is 5.12. The van der Waals surface area contributed by atoms with Crippen molar-refractivity contribution < 1.29 is 8.42 Å². The van der Waals surface area contributed by atoms with E-state index in [-0.39, 0.29) is 4.90 Å². The zero-order chi connectivity index (χ0) is 17.0. The molecule has 0 aliphatic carbocycles. The largest absolute Gasteiger partial charge is 0.280 e. The summed E-state index contributed by atoms with van der Waals surface area (Å²) >= 11 is 0. The minimum Gasteiger partial charge on any atom is -0.280 e. The van der Waals surface area contributed by atoms with Gasteiger partial charge in [-0.25, -0.2) is 8.42 Å². The van der Waals surface area contributed by atoms with Gasteiger partial charge >= 0.3 is 0 Å². The number of nitrogens with one attached hydrogen (secondary N) is 1. The van der Waals surface area contributed by atoms with Crippen LogP contribution in [0.1, 0.15) is 57.1 Å². The van der Waals surface area contributed by atoms with Crippen LogP contribution in [-0.4, -0.2) is 8.42 Å². The van der Waals surface area contributed by atoms with Gasteiger partial charge in [0.05, 0.1) is 4.90 Å². The van der Waals surface area contributed by atoms with Crippen LogP contribution in [0.4, 0.5) is 5.69 Å². The Labute approximate surface area is 139 Å². The van der Waals surface area contributed by atoms with Gasteiger partial charge in [-0.3, -0.25) is 4.72 Å². The standard InChI is InChI=1S/C19H25NO2S/c1-5-15(4)17-6-10-18(11-7-17)20-23(21,22)19-12-8-16(9-13-19)14(2)3/h6-15,20H,5H2,1-4H3. The third-order valence-corrected chi connectivity index (χ3v) is 5.60. The van der Waals surface area contributed by atoms with Crippen LogP contribution in [0.5, 0.6) is 0 Å². The molecular weight excluding hydrogens is 306 g/mol. The highest BCUT2D eigenvalue weighted by molar-refractivity contribution is 7.92. The van der Waals surface area contributed by atoms with E-state index in [0.29, 0.717) is 17.5 Å². The summed E-state index contributed by atoms with van der Waals surface area (Å²) in [4.78, 5) is 0.285. The lowest BCUT2D eigenvalue weighted by atomic mass is 9.99. The average molecular weight is 331 g/mol. The van der Waals surface area contributed by atoms with Gasteiger partial charge in [0.2, 0.25) is 0 Å². The van der Waals surface area contributed by atoms with Crippen LogP contribution in [-0.2, 0) is 10.0 Å². The summed E-state index contributed by atoms with van der Waals surface area (Å²) in [7, 11) is -3.54. The second-order valence-electron chi connectivity index (χ2n) is 6.26. The fourth-order valence-electron chi connectivity index (χ4n) is 2.36. The van der Waals surface area contributed by atoms with Crippen molar-refractivity contribution in [2.75, 3.05) is 4.72 Å². The number of rotatable bonds is 6. The molecule has 4 heteroatoms. The van der Waals surface area contributed by atoms with Crippen LogP contribution in [0, 0.1) is 0 Å². The van der Waals surface area contributed by atoms with Gasteiger partial charge in [0.15, 0.2) is 0 Å². The van der Waals surface area contributed by atoms with E-state index in [0.717, 1.165) is 12.0 Å². The molecule has 3 nitrogen and oxygen atoms in total. The molecule has 0 fully saturated rings. The molecule has 2 aromatic rings. The topological polar surface area (TPSA) is 46.2 Å². The van der Waals surface area contributed by atoms with Crippen molar-refractivity contribution in [1.29, 1.82) is 0 Å². The molecule has 0 bridgehead atoms. The summed E-state index contributed by atoms with van der Waals surface area (Å²) in [6, 6.07) is 14.7. The third-order valence-electron chi connectivity index (χ3n) is 4.20. The molecule has 0 aliphatic rings. The van der Waals surface area contributed by atoms with E-state index in [1.54, 1.807) is 12.1 Å². The molecule has 0 amide bonds. The van der Waals surface area contributed by atoms with Gasteiger partial charge in [-0.2, -0.15) is 0 Å². The molecular formula is C19H25NO2S. The average Bonchev–Trinajstić information content (AvgIpc) is 2.54. The monoisotopic (exact) mass is 331 g/mol. The van der Waals surface area contributed by atoms with Crippen molar-refractivity contribution in [2.45, 2.75) is 50.8 Å². The lowest BCUT2D eigenvalue weighted by Gasteiger charge is -2.12. The number of anilines is 1. The SMILES string of the molecule is CCC(C)c1ccc(NS(=O)(=O)c2ccc(C(C)C)cc2)cc1. The van der Waals surface area contributed by atoms with Crippen molar-refractivity contribution in [1.82, 2.24) is 0 Å². The predicted molar refractivity (Wildman–Crippen MR) is 96.5 cm³/mol. The molecule has 1 atom stereocenters. The van der Waals surface area contributed by atoms with Crippen LogP contribution < -0.4 is 4.72 Å². The molecule has 0 spiro atoms. The number of hydrogen-bond donors (Lipinski definition) is 1. The highest BCUT2D eigenvalue weighted by Crippen LogP contribution is 2.23. The first-order chi connectivity index (χ1) is 10.8. The van der Waals surface area contributed by atoms with Crippen LogP contribution in [0.2, 0.25) is 0 Å². The summed E-state index contributed by atoms with van der Waals surface area (Å²) < 4.78 is 27.5. The molecule has 0 heterocycles. The van der Waals surface area contributed by atoms with Crippen molar-refractivity contribution in [3.63, 3.8) is 0 Å². The van der Waals surface area contributed by atoms with Gasteiger partial charge in [-0.15, -0.1) is 0 Å². The summed E-state index contributed by atoms with van der Waals surface area (Å²) in [5, 5.41) is 0. The second-order valence-corrected chi connectivity index (χ2v) is 7.94. The van der Waals surface area contributed by atoms with E-state index in [1.165, 1.54) is 5.56 Å². The number of sulfonamides is 1. The van der Waals surface area contributed by atoms with Gasteiger partial charge < -0.3 is 0 Å². The van der Waals surface area contributed by atoms with E-state index >= 15 is 0 Å². The van der Waals surface area contributed by atoms with E-state index in [2.05, 4.69) is 32.4 Å². The summed E-state index contributed by atoms with van der Waals surface area (Å²) in [5.74, 6) is 0.858. The minimum absolute atomic E-state index is 0.285. The van der Waals surface area contributed by atoms with Crippen LogP contribution in [0.15, 0.2) is 53.4 Å². The first kappa shape index (κ1) is 17.5. The van der Waals surface area contributed by atoms with E-state index < -0.39 is 10.0 Å². The second kappa shape index (κ2) is 7.18. The Kier molecular flexibility index (Phi) is 5.47. The number of hydrogen-bond acceptors (Lipinski definition) is 2. The van der Waals surface area contributed by atoms with E-state index in [1.807, 2.05) is 36.4 Å².